The first-order chi connectivity index (χ1) is 14.0. The first-order valence-electron chi connectivity index (χ1n) is 10.4. The fraction of sp³-hybridized carbons (Fsp3) is 0.435. The summed E-state index contributed by atoms with van der Waals surface area (Å²) < 4.78 is 27.1. The van der Waals surface area contributed by atoms with Crippen molar-refractivity contribution in [2.75, 3.05) is 17.9 Å². The van der Waals surface area contributed by atoms with Crippen molar-refractivity contribution < 1.29 is 13.2 Å². The number of piperidine rings is 1. The summed E-state index contributed by atoms with van der Waals surface area (Å²) in [4.78, 5) is 15.4. The maximum Gasteiger partial charge on any atom is 0.264 e. The molecule has 5 nitrogen and oxygen atoms in total. The van der Waals surface area contributed by atoms with Crippen LogP contribution >= 0.6 is 0 Å². The number of carbonyl (C=O) groups is 1. The standard InChI is InChI=1S/C23H28N2O3S/c1-24(20-10-3-2-4-11-20)29(27,28)21-15-13-19(14-16-21)23(26)25-17-7-9-18-8-5-6-12-22(18)25/h2-4,10-11,13-16,18,22H,5-9,12,17H2,1H3/t18-,22-/m0/s1. The fourth-order valence-electron chi connectivity index (χ4n) is 4.75. The van der Waals surface area contributed by atoms with Gasteiger partial charge in [0.05, 0.1) is 10.6 Å². The number of sulfonamides is 1. The Kier molecular flexibility index (Phi) is 5.63. The van der Waals surface area contributed by atoms with E-state index in [1.807, 2.05) is 11.0 Å². The van der Waals surface area contributed by atoms with Gasteiger partial charge in [-0.25, -0.2) is 8.42 Å². The van der Waals surface area contributed by atoms with Crippen LogP contribution in [-0.2, 0) is 10.0 Å². The van der Waals surface area contributed by atoms with Gasteiger partial charge in [0.25, 0.3) is 15.9 Å². The molecule has 154 valence electrons. The predicted molar refractivity (Wildman–Crippen MR) is 114 cm³/mol. The number of amides is 1. The molecule has 0 bridgehead atoms. The molecule has 29 heavy (non-hydrogen) atoms. The van der Waals surface area contributed by atoms with Crippen LogP contribution in [-0.4, -0.2) is 38.9 Å². The monoisotopic (exact) mass is 412 g/mol. The maximum absolute atomic E-state index is 13.1. The number of nitrogens with zero attached hydrogens (tertiary/aromatic N) is 2. The summed E-state index contributed by atoms with van der Waals surface area (Å²) in [6.07, 6.45) is 7.04. The third kappa shape index (κ3) is 3.90. The molecule has 0 N–H and O–H groups in total. The van der Waals surface area contributed by atoms with Crippen LogP contribution in [0.3, 0.4) is 0 Å². The van der Waals surface area contributed by atoms with Crippen LogP contribution in [0.2, 0.25) is 0 Å². The van der Waals surface area contributed by atoms with Gasteiger partial charge >= 0.3 is 0 Å². The lowest BCUT2D eigenvalue weighted by molar-refractivity contribution is 0.0390. The van der Waals surface area contributed by atoms with Gasteiger partial charge < -0.3 is 4.90 Å². The summed E-state index contributed by atoms with van der Waals surface area (Å²) in [7, 11) is -2.13. The molecule has 0 radical (unpaired) electrons. The van der Waals surface area contributed by atoms with E-state index < -0.39 is 10.0 Å². The second kappa shape index (κ2) is 8.19. The smallest absolute Gasteiger partial charge is 0.264 e. The van der Waals surface area contributed by atoms with Gasteiger partial charge in [0.15, 0.2) is 0 Å². The van der Waals surface area contributed by atoms with Crippen molar-refractivity contribution in [2.45, 2.75) is 49.5 Å². The van der Waals surface area contributed by atoms with E-state index >= 15 is 0 Å². The van der Waals surface area contributed by atoms with E-state index in [0.29, 0.717) is 23.2 Å². The van der Waals surface area contributed by atoms with Crippen LogP contribution in [0.5, 0.6) is 0 Å². The lowest BCUT2D eigenvalue weighted by Gasteiger charge is -2.44. The number of carbonyl (C=O) groups excluding carboxylic acids is 1. The van der Waals surface area contributed by atoms with E-state index in [9.17, 15) is 13.2 Å². The lowest BCUT2D eigenvalue weighted by Crippen LogP contribution is -2.49. The minimum atomic E-state index is -3.67. The molecule has 1 saturated carbocycles. The van der Waals surface area contributed by atoms with Gasteiger partial charge in [0, 0.05) is 25.2 Å². The van der Waals surface area contributed by atoms with Gasteiger partial charge in [-0.2, -0.15) is 0 Å². The number of hydrogen-bond donors (Lipinski definition) is 0. The summed E-state index contributed by atoms with van der Waals surface area (Å²) >= 11 is 0. The molecule has 0 spiro atoms. The Morgan fingerprint density at radius 1 is 0.931 bits per heavy atom. The molecule has 2 fully saturated rings. The Morgan fingerprint density at radius 3 is 2.31 bits per heavy atom. The second-order valence-corrected chi connectivity index (χ2v) is 10.1. The third-order valence-electron chi connectivity index (χ3n) is 6.38. The molecule has 0 unspecified atom stereocenters. The van der Waals surface area contributed by atoms with Crippen LogP contribution < -0.4 is 4.31 Å². The highest BCUT2D eigenvalue weighted by atomic mass is 32.2. The zero-order valence-electron chi connectivity index (χ0n) is 16.8. The average Bonchev–Trinajstić information content (AvgIpc) is 2.78. The van der Waals surface area contributed by atoms with Crippen molar-refractivity contribution in [3.8, 4) is 0 Å². The summed E-state index contributed by atoms with van der Waals surface area (Å²) in [6.45, 7) is 0.802. The molecule has 2 aliphatic rings. The quantitative estimate of drug-likeness (QED) is 0.752. The minimum absolute atomic E-state index is 0.0296. The van der Waals surface area contributed by atoms with E-state index in [-0.39, 0.29) is 10.8 Å². The first-order valence-corrected chi connectivity index (χ1v) is 11.9. The Balaban J connectivity index is 1.53. The Hall–Kier alpha value is -2.34. The van der Waals surface area contributed by atoms with Gasteiger partial charge in [0.2, 0.25) is 0 Å². The zero-order chi connectivity index (χ0) is 20.4. The Morgan fingerprint density at radius 2 is 1.59 bits per heavy atom. The lowest BCUT2D eigenvalue weighted by atomic mass is 9.78. The van der Waals surface area contributed by atoms with Gasteiger partial charge in [-0.3, -0.25) is 9.10 Å². The van der Waals surface area contributed by atoms with Gasteiger partial charge in [-0.1, -0.05) is 31.0 Å². The van der Waals surface area contributed by atoms with Crippen molar-refractivity contribution in [1.82, 2.24) is 4.90 Å². The van der Waals surface area contributed by atoms with Crippen molar-refractivity contribution in [1.29, 1.82) is 0 Å². The molecule has 1 saturated heterocycles. The fourth-order valence-corrected chi connectivity index (χ4v) is 5.94. The molecule has 0 aromatic heterocycles. The summed E-state index contributed by atoms with van der Waals surface area (Å²) in [5.41, 5.74) is 1.17. The highest BCUT2D eigenvalue weighted by molar-refractivity contribution is 7.92. The summed E-state index contributed by atoms with van der Waals surface area (Å²) in [6, 6.07) is 15.7. The molecule has 2 aromatic carbocycles. The van der Waals surface area contributed by atoms with Crippen LogP contribution in [0.25, 0.3) is 0 Å². The average molecular weight is 413 g/mol. The molecule has 6 heteroatoms. The van der Waals surface area contributed by atoms with Crippen molar-refractivity contribution in [3.05, 3.63) is 60.2 Å². The van der Waals surface area contributed by atoms with E-state index in [4.69, 9.17) is 0 Å². The molecule has 1 aliphatic heterocycles. The third-order valence-corrected chi connectivity index (χ3v) is 8.18. The molecular weight excluding hydrogens is 384 g/mol. The summed E-state index contributed by atoms with van der Waals surface area (Å²) in [5.74, 6) is 0.655. The maximum atomic E-state index is 13.1. The van der Waals surface area contributed by atoms with E-state index in [1.54, 1.807) is 55.6 Å². The number of hydrogen-bond acceptors (Lipinski definition) is 3. The van der Waals surface area contributed by atoms with E-state index in [1.165, 1.54) is 30.0 Å². The largest absolute Gasteiger partial charge is 0.335 e. The highest BCUT2D eigenvalue weighted by Gasteiger charge is 2.36. The van der Waals surface area contributed by atoms with E-state index in [2.05, 4.69) is 0 Å². The topological polar surface area (TPSA) is 57.7 Å². The first kappa shape index (κ1) is 20.0. The van der Waals surface area contributed by atoms with Crippen molar-refractivity contribution in [3.63, 3.8) is 0 Å². The second-order valence-electron chi connectivity index (χ2n) is 8.09. The number of benzene rings is 2. The predicted octanol–water partition coefficient (Wildman–Crippen LogP) is 4.31. The Labute approximate surface area is 173 Å². The Bertz CT molecular complexity index is 955. The number of fused-ring (bicyclic) bond motifs is 1. The molecule has 4 rings (SSSR count). The van der Waals surface area contributed by atoms with Crippen LogP contribution in [0.1, 0.15) is 48.9 Å². The summed E-state index contributed by atoms with van der Waals surface area (Å²) in [5, 5.41) is 0. The van der Waals surface area contributed by atoms with Gasteiger partial charge in [0.1, 0.15) is 0 Å². The molecule has 2 aromatic rings. The van der Waals surface area contributed by atoms with Gasteiger partial charge in [-0.15, -0.1) is 0 Å². The SMILES string of the molecule is CN(c1ccccc1)S(=O)(=O)c1ccc(C(=O)N2CCC[C@@H]3CCCC[C@@H]32)cc1. The number of likely N-dealkylation sites (tertiary alicyclic amines) is 1. The van der Waals surface area contributed by atoms with Crippen LogP contribution in [0.15, 0.2) is 59.5 Å². The molecule has 1 amide bonds. The molecule has 1 aliphatic carbocycles. The molecule has 1 heterocycles. The number of anilines is 1. The molecule has 2 atom stereocenters. The normalized spacial score (nSPS) is 22.0. The number of rotatable bonds is 4. The highest BCUT2D eigenvalue weighted by Crippen LogP contribution is 2.36. The molecular formula is C23H28N2O3S. The van der Waals surface area contributed by atoms with Crippen molar-refractivity contribution in [2.24, 2.45) is 5.92 Å². The van der Waals surface area contributed by atoms with Gasteiger partial charge in [-0.05, 0) is 68.0 Å². The van der Waals surface area contributed by atoms with Crippen LogP contribution in [0, 0.1) is 5.92 Å². The zero-order valence-corrected chi connectivity index (χ0v) is 17.6. The van der Waals surface area contributed by atoms with Crippen molar-refractivity contribution >= 4 is 21.6 Å². The van der Waals surface area contributed by atoms with E-state index in [0.717, 1.165) is 19.4 Å². The van der Waals surface area contributed by atoms with Crippen LogP contribution in [0.4, 0.5) is 5.69 Å². The number of para-hydroxylation sites is 1. The minimum Gasteiger partial charge on any atom is -0.335 e.